The zero-order chi connectivity index (χ0) is 27.6. The van der Waals surface area contributed by atoms with Crippen molar-refractivity contribution in [2.24, 2.45) is 0 Å². The van der Waals surface area contributed by atoms with E-state index in [-0.39, 0.29) is 5.91 Å². The summed E-state index contributed by atoms with van der Waals surface area (Å²) in [7, 11) is 4.75. The highest BCUT2D eigenvalue weighted by atomic mass is 32.2. The van der Waals surface area contributed by atoms with Gasteiger partial charge in [0, 0.05) is 16.6 Å². The number of anilines is 3. The van der Waals surface area contributed by atoms with E-state index in [2.05, 4.69) is 16.0 Å². The summed E-state index contributed by atoms with van der Waals surface area (Å²) in [4.78, 5) is 14.5. The second-order valence-corrected chi connectivity index (χ2v) is 9.86. The zero-order valence-corrected chi connectivity index (χ0v) is 23.4. The highest BCUT2D eigenvalue weighted by molar-refractivity contribution is 8.00. The van der Waals surface area contributed by atoms with Gasteiger partial charge in [-0.25, -0.2) is 0 Å². The molecule has 4 aromatic rings. The molecule has 1 atom stereocenters. The molecule has 0 bridgehead atoms. The molecule has 4 rings (SSSR count). The van der Waals surface area contributed by atoms with Crippen molar-refractivity contribution in [2.45, 2.75) is 10.1 Å². The summed E-state index contributed by atoms with van der Waals surface area (Å²) in [6.07, 6.45) is 0. The van der Waals surface area contributed by atoms with Gasteiger partial charge in [-0.05, 0) is 60.2 Å². The Kier molecular flexibility index (Phi) is 9.66. The molecular formula is C30H29N3O4S2. The normalized spacial score (nSPS) is 11.2. The van der Waals surface area contributed by atoms with Crippen LogP contribution in [0.5, 0.6) is 17.2 Å². The van der Waals surface area contributed by atoms with Crippen LogP contribution in [0.1, 0.15) is 10.8 Å². The minimum atomic E-state index is -0.521. The lowest BCUT2D eigenvalue weighted by Gasteiger charge is -2.19. The summed E-state index contributed by atoms with van der Waals surface area (Å²) < 4.78 is 16.1. The van der Waals surface area contributed by atoms with Gasteiger partial charge in [0.15, 0.2) is 5.11 Å². The van der Waals surface area contributed by atoms with Gasteiger partial charge in [0.25, 0.3) is 0 Å². The number of hydrogen-bond acceptors (Lipinski definition) is 6. The largest absolute Gasteiger partial charge is 0.497 e. The van der Waals surface area contributed by atoms with Crippen LogP contribution in [0.4, 0.5) is 17.1 Å². The van der Waals surface area contributed by atoms with E-state index in [1.165, 1.54) is 11.8 Å². The van der Waals surface area contributed by atoms with Gasteiger partial charge in [-0.3, -0.25) is 4.79 Å². The SMILES string of the molecule is COc1ccc(NC(=O)C(Sc2cccc(NC(=S)Nc3ccccc3OC)c2)c2ccccc2)c(OC)c1. The third kappa shape index (κ3) is 7.43. The molecule has 39 heavy (non-hydrogen) atoms. The molecule has 1 amide bonds. The smallest absolute Gasteiger partial charge is 0.242 e. The molecule has 200 valence electrons. The fraction of sp³-hybridized carbons (Fsp3) is 0.133. The molecule has 0 aliphatic rings. The summed E-state index contributed by atoms with van der Waals surface area (Å²) >= 11 is 6.96. The summed E-state index contributed by atoms with van der Waals surface area (Å²) in [6, 6.07) is 30.2. The van der Waals surface area contributed by atoms with Crippen LogP contribution < -0.4 is 30.2 Å². The van der Waals surface area contributed by atoms with E-state index in [9.17, 15) is 4.79 Å². The van der Waals surface area contributed by atoms with Gasteiger partial charge in [-0.1, -0.05) is 48.5 Å². The molecule has 0 aliphatic carbocycles. The van der Waals surface area contributed by atoms with Crippen LogP contribution in [0.2, 0.25) is 0 Å². The van der Waals surface area contributed by atoms with Crippen LogP contribution in [0.3, 0.4) is 0 Å². The van der Waals surface area contributed by atoms with Gasteiger partial charge in [0.05, 0.1) is 32.7 Å². The Balaban J connectivity index is 1.52. The van der Waals surface area contributed by atoms with Crippen LogP contribution >= 0.6 is 24.0 Å². The number of benzene rings is 4. The fourth-order valence-electron chi connectivity index (χ4n) is 3.82. The minimum absolute atomic E-state index is 0.179. The average Bonchev–Trinajstić information content (AvgIpc) is 2.97. The maximum atomic E-state index is 13.6. The van der Waals surface area contributed by atoms with Crippen molar-refractivity contribution in [3.05, 3.63) is 103 Å². The molecule has 7 nitrogen and oxygen atoms in total. The van der Waals surface area contributed by atoms with Crippen LogP contribution in [0.15, 0.2) is 102 Å². The maximum absolute atomic E-state index is 13.6. The first-order valence-electron chi connectivity index (χ1n) is 12.1. The highest BCUT2D eigenvalue weighted by Crippen LogP contribution is 2.38. The molecular weight excluding hydrogens is 530 g/mol. The average molecular weight is 560 g/mol. The molecule has 0 aliphatic heterocycles. The predicted octanol–water partition coefficient (Wildman–Crippen LogP) is 6.99. The van der Waals surface area contributed by atoms with E-state index in [1.807, 2.05) is 78.9 Å². The first kappa shape index (κ1) is 27.8. The molecule has 0 aromatic heterocycles. The predicted molar refractivity (Wildman–Crippen MR) is 162 cm³/mol. The third-order valence-corrected chi connectivity index (χ3v) is 7.16. The molecule has 3 N–H and O–H groups in total. The number of para-hydroxylation sites is 2. The zero-order valence-electron chi connectivity index (χ0n) is 21.8. The Labute approximate surface area is 237 Å². The molecule has 0 saturated carbocycles. The molecule has 0 heterocycles. The molecule has 0 saturated heterocycles. The number of carbonyl (C=O) groups is 1. The molecule has 1 unspecified atom stereocenters. The van der Waals surface area contributed by atoms with Gasteiger partial charge in [-0.2, -0.15) is 0 Å². The number of amides is 1. The Morgan fingerprint density at radius 1 is 0.718 bits per heavy atom. The lowest BCUT2D eigenvalue weighted by atomic mass is 10.1. The van der Waals surface area contributed by atoms with Crippen LogP contribution in [0, 0.1) is 0 Å². The van der Waals surface area contributed by atoms with Crippen molar-refractivity contribution in [2.75, 3.05) is 37.3 Å². The minimum Gasteiger partial charge on any atom is -0.497 e. The molecule has 0 radical (unpaired) electrons. The number of rotatable bonds is 10. The highest BCUT2D eigenvalue weighted by Gasteiger charge is 2.23. The van der Waals surface area contributed by atoms with Crippen molar-refractivity contribution in [1.82, 2.24) is 0 Å². The molecule has 0 fully saturated rings. The first-order valence-corrected chi connectivity index (χ1v) is 13.3. The summed E-state index contributed by atoms with van der Waals surface area (Å²) in [5.74, 6) is 1.67. The first-order chi connectivity index (χ1) is 19.0. The Morgan fingerprint density at radius 2 is 1.44 bits per heavy atom. The van der Waals surface area contributed by atoms with Crippen LogP contribution in [-0.2, 0) is 4.79 Å². The monoisotopic (exact) mass is 559 g/mol. The topological polar surface area (TPSA) is 80.9 Å². The van der Waals surface area contributed by atoms with Gasteiger partial charge in [-0.15, -0.1) is 11.8 Å². The van der Waals surface area contributed by atoms with E-state index in [0.717, 1.165) is 21.8 Å². The van der Waals surface area contributed by atoms with E-state index < -0.39 is 5.25 Å². The number of hydrogen-bond donors (Lipinski definition) is 3. The quantitative estimate of drug-likeness (QED) is 0.142. The van der Waals surface area contributed by atoms with Crippen LogP contribution in [-0.4, -0.2) is 32.3 Å². The number of nitrogens with one attached hydrogen (secondary N) is 3. The van der Waals surface area contributed by atoms with Crippen molar-refractivity contribution in [3.8, 4) is 17.2 Å². The van der Waals surface area contributed by atoms with E-state index >= 15 is 0 Å². The second-order valence-electron chi connectivity index (χ2n) is 8.27. The Morgan fingerprint density at radius 3 is 2.18 bits per heavy atom. The standard InChI is InChI=1S/C30H29N3O4S2/c1-35-22-16-17-25(27(19-22)37-3)32-29(34)28(20-10-5-4-6-11-20)39-23-13-9-12-21(18-23)31-30(38)33-24-14-7-8-15-26(24)36-2/h4-19,28H,1-3H3,(H,32,34)(H2,31,33,38). The van der Waals surface area contributed by atoms with E-state index in [4.69, 9.17) is 26.4 Å². The fourth-order valence-corrected chi connectivity index (χ4v) is 5.13. The lowest BCUT2D eigenvalue weighted by Crippen LogP contribution is -2.20. The summed E-state index contributed by atoms with van der Waals surface area (Å²) in [5.41, 5.74) is 2.99. The molecule has 9 heteroatoms. The van der Waals surface area contributed by atoms with E-state index in [0.29, 0.717) is 28.0 Å². The Bertz CT molecular complexity index is 1430. The number of methoxy groups -OCH3 is 3. The number of thiocarbonyl (C=S) groups is 1. The third-order valence-electron chi connectivity index (χ3n) is 5.71. The Hall–Kier alpha value is -4.21. The van der Waals surface area contributed by atoms with Gasteiger partial charge in [0.2, 0.25) is 5.91 Å². The molecule has 4 aromatic carbocycles. The van der Waals surface area contributed by atoms with Crippen LogP contribution in [0.25, 0.3) is 0 Å². The van der Waals surface area contributed by atoms with E-state index in [1.54, 1.807) is 39.5 Å². The van der Waals surface area contributed by atoms with Gasteiger partial charge >= 0.3 is 0 Å². The lowest BCUT2D eigenvalue weighted by molar-refractivity contribution is -0.115. The summed E-state index contributed by atoms with van der Waals surface area (Å²) in [5, 5.41) is 9.30. The summed E-state index contributed by atoms with van der Waals surface area (Å²) in [6.45, 7) is 0. The van der Waals surface area contributed by atoms with Crippen molar-refractivity contribution in [1.29, 1.82) is 0 Å². The van der Waals surface area contributed by atoms with Gasteiger partial charge < -0.3 is 30.2 Å². The maximum Gasteiger partial charge on any atom is 0.242 e. The second kappa shape index (κ2) is 13.5. The van der Waals surface area contributed by atoms with Gasteiger partial charge in [0.1, 0.15) is 22.5 Å². The molecule has 0 spiro atoms. The van der Waals surface area contributed by atoms with Crippen molar-refractivity contribution >= 4 is 52.1 Å². The number of ether oxygens (including phenoxy) is 3. The number of carbonyl (C=O) groups excluding carboxylic acids is 1. The van der Waals surface area contributed by atoms with Crippen molar-refractivity contribution in [3.63, 3.8) is 0 Å². The van der Waals surface area contributed by atoms with Crippen molar-refractivity contribution < 1.29 is 19.0 Å². The number of thioether (sulfide) groups is 1.